The quantitative estimate of drug-likeness (QED) is 0.565. The molecule has 158 valence electrons. The van der Waals surface area contributed by atoms with E-state index in [0.717, 1.165) is 17.9 Å². The standard InChI is InChI=1S/C19H25N5O4.ClH/c1-13-19(24(26)27)14(2)23(21-13)10-8-18(25)22-11-9-20-12-16(22)15-6-4-5-7-17(15)28-3;/h4-7,16,20H,8-12H2,1-3H3;1H. The number of methoxy groups -OCH3 is 1. The van der Waals surface area contributed by atoms with Crippen molar-refractivity contribution in [3.05, 3.63) is 51.3 Å². The van der Waals surface area contributed by atoms with Crippen molar-refractivity contribution in [2.24, 2.45) is 0 Å². The molecule has 10 heteroatoms. The molecule has 1 unspecified atom stereocenters. The van der Waals surface area contributed by atoms with E-state index in [9.17, 15) is 14.9 Å². The lowest BCUT2D eigenvalue weighted by molar-refractivity contribution is -0.386. The van der Waals surface area contributed by atoms with Crippen LogP contribution < -0.4 is 10.1 Å². The van der Waals surface area contributed by atoms with Crippen LogP contribution in [0.1, 0.15) is 29.4 Å². The smallest absolute Gasteiger partial charge is 0.312 e. The van der Waals surface area contributed by atoms with Crippen LogP contribution in [-0.4, -0.2) is 52.3 Å². The van der Waals surface area contributed by atoms with Gasteiger partial charge in [0.05, 0.1) is 24.6 Å². The molecule has 1 aromatic heterocycles. The number of amides is 1. The normalized spacial score (nSPS) is 16.2. The van der Waals surface area contributed by atoms with Gasteiger partial charge in [0.15, 0.2) is 0 Å². The SMILES string of the molecule is COc1ccccc1C1CNCCN1C(=O)CCn1nc(C)c([N+](=O)[O-])c1C.Cl. The first-order valence-electron chi connectivity index (χ1n) is 9.25. The highest BCUT2D eigenvalue weighted by Crippen LogP contribution is 2.30. The van der Waals surface area contributed by atoms with E-state index in [1.165, 1.54) is 0 Å². The number of aromatic nitrogens is 2. The number of nitrogens with one attached hydrogen (secondary N) is 1. The number of hydrogen-bond donors (Lipinski definition) is 1. The van der Waals surface area contributed by atoms with Crippen molar-refractivity contribution in [2.45, 2.75) is 32.9 Å². The lowest BCUT2D eigenvalue weighted by Gasteiger charge is -2.37. The maximum absolute atomic E-state index is 13.0. The second-order valence-electron chi connectivity index (χ2n) is 6.80. The minimum Gasteiger partial charge on any atom is -0.496 e. The van der Waals surface area contributed by atoms with Crippen molar-refractivity contribution in [1.82, 2.24) is 20.0 Å². The van der Waals surface area contributed by atoms with Crippen LogP contribution >= 0.6 is 12.4 Å². The van der Waals surface area contributed by atoms with Crippen LogP contribution in [-0.2, 0) is 11.3 Å². The predicted molar refractivity (Wildman–Crippen MR) is 111 cm³/mol. The summed E-state index contributed by atoms with van der Waals surface area (Å²) < 4.78 is 7.01. The Morgan fingerprint density at radius 1 is 1.38 bits per heavy atom. The van der Waals surface area contributed by atoms with E-state index in [1.54, 1.807) is 25.6 Å². The molecule has 1 aliphatic heterocycles. The molecule has 0 radical (unpaired) electrons. The average molecular weight is 424 g/mol. The fraction of sp³-hybridized carbons (Fsp3) is 0.474. The molecule has 2 heterocycles. The third-order valence-corrected chi connectivity index (χ3v) is 5.12. The topological polar surface area (TPSA) is 103 Å². The highest BCUT2D eigenvalue weighted by atomic mass is 35.5. The summed E-state index contributed by atoms with van der Waals surface area (Å²) in [6, 6.07) is 7.58. The number of carbonyl (C=O) groups is 1. The lowest BCUT2D eigenvalue weighted by Crippen LogP contribution is -2.49. The fourth-order valence-electron chi connectivity index (χ4n) is 3.74. The number of hydrogen-bond acceptors (Lipinski definition) is 6. The van der Waals surface area contributed by atoms with Gasteiger partial charge in [-0.05, 0) is 19.9 Å². The van der Waals surface area contributed by atoms with E-state index < -0.39 is 4.92 Å². The van der Waals surface area contributed by atoms with Gasteiger partial charge in [0, 0.05) is 31.6 Å². The van der Waals surface area contributed by atoms with Gasteiger partial charge in [0.2, 0.25) is 5.91 Å². The molecule has 3 rings (SSSR count). The summed E-state index contributed by atoms with van der Waals surface area (Å²) in [5.41, 5.74) is 1.81. The lowest BCUT2D eigenvalue weighted by atomic mass is 10.0. The van der Waals surface area contributed by atoms with Crippen molar-refractivity contribution in [2.75, 3.05) is 26.7 Å². The third-order valence-electron chi connectivity index (χ3n) is 5.12. The van der Waals surface area contributed by atoms with Crippen LogP contribution in [0.5, 0.6) is 5.75 Å². The van der Waals surface area contributed by atoms with E-state index >= 15 is 0 Å². The molecule has 1 amide bonds. The van der Waals surface area contributed by atoms with Gasteiger partial charge in [-0.2, -0.15) is 5.10 Å². The van der Waals surface area contributed by atoms with Crippen LogP contribution in [0.3, 0.4) is 0 Å². The molecule has 9 nitrogen and oxygen atoms in total. The molecule has 1 fully saturated rings. The van der Waals surface area contributed by atoms with E-state index in [2.05, 4.69) is 10.4 Å². The molecular formula is C19H26ClN5O4. The zero-order valence-electron chi connectivity index (χ0n) is 16.8. The largest absolute Gasteiger partial charge is 0.496 e. The van der Waals surface area contributed by atoms with Gasteiger partial charge >= 0.3 is 5.69 Å². The summed E-state index contributed by atoms with van der Waals surface area (Å²) in [6.45, 7) is 5.55. The van der Waals surface area contributed by atoms with Crippen molar-refractivity contribution in [1.29, 1.82) is 0 Å². The van der Waals surface area contributed by atoms with Gasteiger partial charge in [0.1, 0.15) is 17.1 Å². The number of aryl methyl sites for hydroxylation is 2. The number of carbonyl (C=O) groups excluding carboxylic acids is 1. The number of nitro groups is 1. The molecule has 1 N–H and O–H groups in total. The zero-order valence-corrected chi connectivity index (χ0v) is 17.6. The first-order chi connectivity index (χ1) is 13.4. The summed E-state index contributed by atoms with van der Waals surface area (Å²) in [6.07, 6.45) is 0.227. The number of piperazine rings is 1. The molecule has 2 aromatic rings. The number of rotatable bonds is 6. The summed E-state index contributed by atoms with van der Waals surface area (Å²) in [7, 11) is 1.62. The zero-order chi connectivity index (χ0) is 20.3. The Morgan fingerprint density at radius 3 is 2.76 bits per heavy atom. The Balaban J connectivity index is 0.00000300. The second kappa shape index (κ2) is 9.71. The number of para-hydroxylation sites is 1. The maximum atomic E-state index is 13.0. The molecule has 1 atom stereocenters. The van der Waals surface area contributed by atoms with Crippen LogP contribution in [0.4, 0.5) is 5.69 Å². The Kier molecular flexibility index (Phi) is 7.58. The monoisotopic (exact) mass is 423 g/mol. The Bertz CT molecular complexity index is 885. The minimum absolute atomic E-state index is 0. The number of nitrogens with zero attached hydrogens (tertiary/aromatic N) is 4. The molecule has 0 spiro atoms. The summed E-state index contributed by atoms with van der Waals surface area (Å²) in [5.74, 6) is 0.746. The first kappa shape index (κ1) is 22.6. The van der Waals surface area contributed by atoms with Gasteiger partial charge in [-0.25, -0.2) is 0 Å². The first-order valence-corrected chi connectivity index (χ1v) is 9.25. The minimum atomic E-state index is -0.427. The molecule has 0 saturated carbocycles. The van der Waals surface area contributed by atoms with Crippen molar-refractivity contribution in [3.8, 4) is 5.75 Å². The van der Waals surface area contributed by atoms with Gasteiger partial charge in [0.25, 0.3) is 0 Å². The van der Waals surface area contributed by atoms with Gasteiger partial charge in [-0.1, -0.05) is 18.2 Å². The van der Waals surface area contributed by atoms with E-state index in [4.69, 9.17) is 4.74 Å². The van der Waals surface area contributed by atoms with Gasteiger partial charge in [-0.3, -0.25) is 19.6 Å². The molecule has 1 aromatic carbocycles. The summed E-state index contributed by atoms with van der Waals surface area (Å²) in [5, 5.41) is 18.7. The molecule has 1 saturated heterocycles. The Hall–Kier alpha value is -2.65. The van der Waals surface area contributed by atoms with Gasteiger partial charge < -0.3 is 15.0 Å². The maximum Gasteiger partial charge on any atom is 0.312 e. The second-order valence-corrected chi connectivity index (χ2v) is 6.80. The molecule has 1 aliphatic rings. The van der Waals surface area contributed by atoms with Gasteiger partial charge in [-0.15, -0.1) is 12.4 Å². The van der Waals surface area contributed by atoms with Crippen molar-refractivity contribution < 1.29 is 14.5 Å². The molecule has 0 aliphatic carbocycles. The van der Waals surface area contributed by atoms with Crippen LogP contribution in [0.2, 0.25) is 0 Å². The Labute approximate surface area is 175 Å². The van der Waals surface area contributed by atoms with Crippen molar-refractivity contribution in [3.63, 3.8) is 0 Å². The number of ether oxygens (including phenoxy) is 1. The van der Waals surface area contributed by atoms with E-state index in [-0.39, 0.29) is 36.5 Å². The van der Waals surface area contributed by atoms with Crippen LogP contribution in [0.25, 0.3) is 0 Å². The van der Waals surface area contributed by atoms with Crippen LogP contribution in [0.15, 0.2) is 24.3 Å². The summed E-state index contributed by atoms with van der Waals surface area (Å²) in [4.78, 5) is 25.6. The fourth-order valence-corrected chi connectivity index (χ4v) is 3.74. The third kappa shape index (κ3) is 4.68. The molecule has 0 bridgehead atoms. The highest BCUT2D eigenvalue weighted by molar-refractivity contribution is 5.85. The Morgan fingerprint density at radius 2 is 2.10 bits per heavy atom. The van der Waals surface area contributed by atoms with E-state index in [1.807, 2.05) is 29.2 Å². The highest BCUT2D eigenvalue weighted by Gasteiger charge is 2.30. The predicted octanol–water partition coefficient (Wildman–Crippen LogP) is 2.40. The molecular weight excluding hydrogens is 398 g/mol. The van der Waals surface area contributed by atoms with Crippen LogP contribution in [0, 0.1) is 24.0 Å². The van der Waals surface area contributed by atoms with Crippen molar-refractivity contribution >= 4 is 24.0 Å². The number of benzene rings is 1. The summed E-state index contributed by atoms with van der Waals surface area (Å²) >= 11 is 0. The van der Waals surface area contributed by atoms with E-state index in [0.29, 0.717) is 31.0 Å². The molecule has 29 heavy (non-hydrogen) atoms. The average Bonchev–Trinajstić information content (AvgIpc) is 2.99. The number of halogens is 1.